The lowest BCUT2D eigenvalue weighted by atomic mass is 10.0. The predicted molar refractivity (Wildman–Crippen MR) is 98.7 cm³/mol. The fourth-order valence-electron chi connectivity index (χ4n) is 2.85. The van der Waals surface area contributed by atoms with E-state index in [1.54, 1.807) is 36.4 Å². The molecule has 0 fully saturated rings. The van der Waals surface area contributed by atoms with Crippen molar-refractivity contribution in [3.8, 4) is 11.5 Å². The highest BCUT2D eigenvalue weighted by Crippen LogP contribution is 2.33. The van der Waals surface area contributed by atoms with Crippen LogP contribution in [0.5, 0.6) is 0 Å². The molecule has 6 heteroatoms. The number of carbonyl (C=O) groups is 1. The zero-order valence-electron chi connectivity index (χ0n) is 13.0. The Kier molecular flexibility index (Phi) is 3.67. The van der Waals surface area contributed by atoms with Gasteiger partial charge in [0, 0.05) is 20.8 Å². The third-order valence-electron chi connectivity index (χ3n) is 4.13. The van der Waals surface area contributed by atoms with E-state index >= 15 is 0 Å². The number of pyridine rings is 1. The van der Waals surface area contributed by atoms with E-state index < -0.39 is 5.97 Å². The largest absolute Gasteiger partial charge is 0.478 e. The molecule has 2 aromatic carbocycles. The Morgan fingerprint density at radius 1 is 1.12 bits per heavy atom. The van der Waals surface area contributed by atoms with Gasteiger partial charge in [-0.1, -0.05) is 29.3 Å². The SMILES string of the molecule is Cc1c(Cl)ccc2c(C(=O)O)cc(-c3cc4cc(Cl)ccc4o3)nc12. The number of benzene rings is 2. The van der Waals surface area contributed by atoms with Crippen molar-refractivity contribution >= 4 is 51.0 Å². The fraction of sp³-hybridized carbons (Fsp3) is 0.0526. The van der Waals surface area contributed by atoms with Crippen LogP contribution in [0.15, 0.2) is 46.9 Å². The molecule has 4 nitrogen and oxygen atoms in total. The number of aryl methyl sites for hydroxylation is 1. The zero-order chi connectivity index (χ0) is 17.7. The van der Waals surface area contributed by atoms with Crippen LogP contribution in [0.1, 0.15) is 15.9 Å². The van der Waals surface area contributed by atoms with Crippen LogP contribution in [0, 0.1) is 6.92 Å². The molecule has 0 saturated carbocycles. The van der Waals surface area contributed by atoms with E-state index in [9.17, 15) is 9.90 Å². The number of hydrogen-bond acceptors (Lipinski definition) is 3. The van der Waals surface area contributed by atoms with Crippen molar-refractivity contribution in [3.05, 3.63) is 63.6 Å². The van der Waals surface area contributed by atoms with Gasteiger partial charge in [-0.05, 0) is 48.9 Å². The molecule has 0 unspecified atom stereocenters. The van der Waals surface area contributed by atoms with Gasteiger partial charge in [-0.15, -0.1) is 0 Å². The molecule has 4 aromatic rings. The molecular weight excluding hydrogens is 361 g/mol. The Hall–Kier alpha value is -2.56. The maximum absolute atomic E-state index is 11.7. The van der Waals surface area contributed by atoms with Crippen LogP contribution in [0.25, 0.3) is 33.3 Å². The van der Waals surface area contributed by atoms with Crippen molar-refractivity contribution < 1.29 is 14.3 Å². The van der Waals surface area contributed by atoms with E-state index in [-0.39, 0.29) is 5.56 Å². The van der Waals surface area contributed by atoms with E-state index in [4.69, 9.17) is 27.6 Å². The first-order valence-corrected chi connectivity index (χ1v) is 8.22. The Labute approximate surface area is 152 Å². The van der Waals surface area contributed by atoms with Gasteiger partial charge in [0.05, 0.1) is 11.1 Å². The average Bonchev–Trinajstić information content (AvgIpc) is 3.00. The van der Waals surface area contributed by atoms with Crippen molar-refractivity contribution in [2.24, 2.45) is 0 Å². The fourth-order valence-corrected chi connectivity index (χ4v) is 3.18. The van der Waals surface area contributed by atoms with Crippen molar-refractivity contribution in [2.45, 2.75) is 6.92 Å². The zero-order valence-corrected chi connectivity index (χ0v) is 14.5. The van der Waals surface area contributed by atoms with Gasteiger partial charge in [0.2, 0.25) is 0 Å². The molecule has 4 rings (SSSR count). The molecule has 0 atom stereocenters. The molecule has 2 heterocycles. The number of furan rings is 1. The molecule has 25 heavy (non-hydrogen) atoms. The minimum Gasteiger partial charge on any atom is -0.478 e. The van der Waals surface area contributed by atoms with Crippen molar-refractivity contribution in [1.29, 1.82) is 0 Å². The molecule has 0 spiro atoms. The van der Waals surface area contributed by atoms with Gasteiger partial charge in [-0.3, -0.25) is 0 Å². The Balaban J connectivity index is 2.03. The summed E-state index contributed by atoms with van der Waals surface area (Å²) in [6.07, 6.45) is 0. The first-order valence-electron chi connectivity index (χ1n) is 7.46. The summed E-state index contributed by atoms with van der Waals surface area (Å²) in [5.41, 5.74) is 2.50. The van der Waals surface area contributed by atoms with Gasteiger partial charge in [0.1, 0.15) is 11.3 Å². The molecule has 0 saturated heterocycles. The third kappa shape index (κ3) is 2.64. The summed E-state index contributed by atoms with van der Waals surface area (Å²) >= 11 is 12.2. The number of carboxylic acids is 1. The molecule has 0 bridgehead atoms. The van der Waals surface area contributed by atoms with E-state index in [1.807, 2.05) is 6.92 Å². The number of hydrogen-bond donors (Lipinski definition) is 1. The standard InChI is InChI=1S/C19H11Cl2NO3/c1-9-14(21)4-3-12-13(19(23)24)8-15(22-18(9)12)17-7-10-6-11(20)2-5-16(10)25-17/h2-8H,1H3,(H,23,24). The van der Waals surface area contributed by atoms with Gasteiger partial charge in [0.15, 0.2) is 5.76 Å². The van der Waals surface area contributed by atoms with E-state index in [1.165, 1.54) is 6.07 Å². The smallest absolute Gasteiger partial charge is 0.336 e. The van der Waals surface area contributed by atoms with Gasteiger partial charge >= 0.3 is 5.97 Å². The number of halogens is 2. The number of aromatic nitrogens is 1. The number of rotatable bonds is 2. The van der Waals surface area contributed by atoms with E-state index in [0.29, 0.717) is 38.0 Å². The monoisotopic (exact) mass is 371 g/mol. The number of aromatic carboxylic acids is 1. The summed E-state index contributed by atoms with van der Waals surface area (Å²) in [5, 5.41) is 12.1. The minimum atomic E-state index is -1.03. The first-order chi connectivity index (χ1) is 11.9. The van der Waals surface area contributed by atoms with Gasteiger partial charge in [-0.2, -0.15) is 0 Å². The summed E-state index contributed by atoms with van der Waals surface area (Å²) in [6.45, 7) is 1.81. The Bertz CT molecular complexity index is 1160. The summed E-state index contributed by atoms with van der Waals surface area (Å²) in [6, 6.07) is 11.9. The minimum absolute atomic E-state index is 0.151. The molecule has 0 amide bonds. The summed E-state index contributed by atoms with van der Waals surface area (Å²) in [4.78, 5) is 16.3. The van der Waals surface area contributed by atoms with Crippen molar-refractivity contribution in [2.75, 3.05) is 0 Å². The van der Waals surface area contributed by atoms with Crippen molar-refractivity contribution in [3.63, 3.8) is 0 Å². The molecule has 0 aliphatic carbocycles. The second kappa shape index (κ2) is 5.76. The molecule has 124 valence electrons. The Morgan fingerprint density at radius 2 is 1.92 bits per heavy atom. The highest BCUT2D eigenvalue weighted by molar-refractivity contribution is 6.32. The Morgan fingerprint density at radius 3 is 2.68 bits per heavy atom. The van der Waals surface area contributed by atoms with Gasteiger partial charge in [-0.25, -0.2) is 9.78 Å². The lowest BCUT2D eigenvalue weighted by Crippen LogP contribution is -2.01. The topological polar surface area (TPSA) is 63.3 Å². The van der Waals surface area contributed by atoms with Crippen molar-refractivity contribution in [1.82, 2.24) is 4.98 Å². The van der Waals surface area contributed by atoms with Crippen LogP contribution < -0.4 is 0 Å². The highest BCUT2D eigenvalue weighted by Gasteiger charge is 2.17. The normalized spacial score (nSPS) is 11.3. The van der Waals surface area contributed by atoms with Gasteiger partial charge in [0.25, 0.3) is 0 Å². The van der Waals surface area contributed by atoms with Crippen LogP contribution in [0.2, 0.25) is 10.0 Å². The third-order valence-corrected chi connectivity index (χ3v) is 4.77. The maximum atomic E-state index is 11.7. The quantitative estimate of drug-likeness (QED) is 0.471. The highest BCUT2D eigenvalue weighted by atomic mass is 35.5. The van der Waals surface area contributed by atoms with Crippen LogP contribution in [-0.2, 0) is 0 Å². The second-order valence-electron chi connectivity index (χ2n) is 5.72. The second-order valence-corrected chi connectivity index (χ2v) is 6.57. The predicted octanol–water partition coefficient (Wildman–Crippen LogP) is 5.96. The summed E-state index contributed by atoms with van der Waals surface area (Å²) in [5.74, 6) is -0.560. The average molecular weight is 372 g/mol. The van der Waals surface area contributed by atoms with E-state index in [0.717, 1.165) is 10.9 Å². The lowest BCUT2D eigenvalue weighted by molar-refractivity contribution is 0.0699. The van der Waals surface area contributed by atoms with Crippen LogP contribution in [0.3, 0.4) is 0 Å². The summed E-state index contributed by atoms with van der Waals surface area (Å²) < 4.78 is 5.82. The summed E-state index contributed by atoms with van der Waals surface area (Å²) in [7, 11) is 0. The van der Waals surface area contributed by atoms with E-state index in [2.05, 4.69) is 4.98 Å². The lowest BCUT2D eigenvalue weighted by Gasteiger charge is -2.08. The van der Waals surface area contributed by atoms with Crippen LogP contribution in [0.4, 0.5) is 0 Å². The van der Waals surface area contributed by atoms with Crippen LogP contribution >= 0.6 is 23.2 Å². The van der Waals surface area contributed by atoms with Crippen LogP contribution in [-0.4, -0.2) is 16.1 Å². The molecule has 0 radical (unpaired) electrons. The molecular formula is C19H11Cl2NO3. The molecule has 0 aliphatic rings. The number of fused-ring (bicyclic) bond motifs is 2. The maximum Gasteiger partial charge on any atom is 0.336 e. The number of carboxylic acid groups (broad SMARTS) is 1. The van der Waals surface area contributed by atoms with Gasteiger partial charge < -0.3 is 9.52 Å². The number of nitrogens with zero attached hydrogens (tertiary/aromatic N) is 1. The molecule has 0 aliphatic heterocycles. The molecule has 2 aromatic heterocycles. The first kappa shape index (κ1) is 15.9. The molecule has 1 N–H and O–H groups in total.